The van der Waals surface area contributed by atoms with E-state index in [4.69, 9.17) is 21.1 Å². The molecule has 2 aliphatic rings. The first-order valence-corrected chi connectivity index (χ1v) is 8.23. The second kappa shape index (κ2) is 6.60. The smallest absolute Gasteiger partial charge is 0.270 e. The molecule has 1 saturated heterocycles. The number of amides is 1. The maximum absolute atomic E-state index is 12.9. The van der Waals surface area contributed by atoms with Gasteiger partial charge in [-0.05, 0) is 18.9 Å². The van der Waals surface area contributed by atoms with Crippen molar-refractivity contribution in [3.63, 3.8) is 0 Å². The molecule has 22 heavy (non-hydrogen) atoms. The van der Waals surface area contributed by atoms with E-state index < -0.39 is 0 Å². The van der Waals surface area contributed by atoms with Crippen LogP contribution in [0.15, 0.2) is 12.3 Å². The SMILES string of the molecule is CO[C@@H]1CCC[C@@H]1[C@@H]1COCCN1C(=O)c1cc(Cl)cn1C. The van der Waals surface area contributed by atoms with Crippen LogP contribution in [0.4, 0.5) is 0 Å². The van der Waals surface area contributed by atoms with E-state index in [-0.39, 0.29) is 18.1 Å². The molecule has 1 aromatic rings. The van der Waals surface area contributed by atoms with Gasteiger partial charge in [0.05, 0.1) is 30.4 Å². The zero-order valence-electron chi connectivity index (χ0n) is 13.1. The van der Waals surface area contributed by atoms with Gasteiger partial charge in [0.15, 0.2) is 0 Å². The zero-order chi connectivity index (χ0) is 15.7. The van der Waals surface area contributed by atoms with Crippen molar-refractivity contribution in [1.82, 2.24) is 9.47 Å². The lowest BCUT2D eigenvalue weighted by Gasteiger charge is -2.40. The highest BCUT2D eigenvalue weighted by Crippen LogP contribution is 2.34. The molecule has 0 bridgehead atoms. The summed E-state index contributed by atoms with van der Waals surface area (Å²) >= 11 is 6.02. The van der Waals surface area contributed by atoms with Crippen LogP contribution in [0.1, 0.15) is 29.8 Å². The summed E-state index contributed by atoms with van der Waals surface area (Å²) in [5.74, 6) is 0.384. The van der Waals surface area contributed by atoms with Gasteiger partial charge in [-0.25, -0.2) is 0 Å². The minimum absolute atomic E-state index is 0.0319. The third-order valence-corrected chi connectivity index (χ3v) is 5.12. The number of aromatic nitrogens is 1. The lowest BCUT2D eigenvalue weighted by molar-refractivity contribution is -0.0463. The molecule has 1 amide bonds. The summed E-state index contributed by atoms with van der Waals surface area (Å²) in [5, 5.41) is 0.589. The third kappa shape index (κ3) is 2.90. The van der Waals surface area contributed by atoms with E-state index in [9.17, 15) is 4.79 Å². The third-order valence-electron chi connectivity index (χ3n) is 4.92. The predicted octanol–water partition coefficient (Wildman–Crippen LogP) is 2.33. The van der Waals surface area contributed by atoms with E-state index in [2.05, 4.69) is 0 Å². The number of hydrogen-bond acceptors (Lipinski definition) is 3. The molecule has 1 aliphatic carbocycles. The molecule has 1 aliphatic heterocycles. The highest BCUT2D eigenvalue weighted by Gasteiger charge is 2.40. The number of ether oxygens (including phenoxy) is 2. The molecule has 1 saturated carbocycles. The van der Waals surface area contributed by atoms with Gasteiger partial charge in [0.25, 0.3) is 5.91 Å². The van der Waals surface area contributed by atoms with Gasteiger partial charge in [-0.2, -0.15) is 0 Å². The second-order valence-electron chi connectivity index (χ2n) is 6.16. The van der Waals surface area contributed by atoms with Gasteiger partial charge in [-0.1, -0.05) is 18.0 Å². The quantitative estimate of drug-likeness (QED) is 0.856. The normalized spacial score (nSPS) is 29.0. The van der Waals surface area contributed by atoms with Crippen molar-refractivity contribution in [2.75, 3.05) is 26.9 Å². The van der Waals surface area contributed by atoms with Gasteiger partial charge in [-0.15, -0.1) is 0 Å². The fourth-order valence-corrected chi connectivity index (χ4v) is 4.05. The van der Waals surface area contributed by atoms with Crippen molar-refractivity contribution in [3.8, 4) is 0 Å². The molecule has 0 spiro atoms. The molecule has 6 heteroatoms. The van der Waals surface area contributed by atoms with Crippen LogP contribution < -0.4 is 0 Å². The Balaban J connectivity index is 1.83. The van der Waals surface area contributed by atoms with Crippen LogP contribution in [-0.4, -0.2) is 54.4 Å². The molecule has 3 rings (SSSR count). The Bertz CT molecular complexity index is 545. The standard InChI is InChI=1S/C16H23ClN2O3/c1-18-9-11(17)8-13(18)16(20)19-6-7-22-10-14(19)12-4-3-5-15(12)21-2/h8-9,12,14-15H,3-7,10H2,1-2H3/t12-,14+,15-/m1/s1. The Morgan fingerprint density at radius 2 is 2.27 bits per heavy atom. The van der Waals surface area contributed by atoms with Crippen molar-refractivity contribution in [1.29, 1.82) is 0 Å². The van der Waals surface area contributed by atoms with E-state index in [0.29, 0.717) is 36.4 Å². The number of morpholine rings is 1. The summed E-state index contributed by atoms with van der Waals surface area (Å²) in [6.07, 6.45) is 5.29. The summed E-state index contributed by atoms with van der Waals surface area (Å²) < 4.78 is 13.1. The summed E-state index contributed by atoms with van der Waals surface area (Å²) in [6.45, 7) is 1.80. The summed E-state index contributed by atoms with van der Waals surface area (Å²) in [7, 11) is 3.61. The number of aryl methyl sites for hydroxylation is 1. The van der Waals surface area contributed by atoms with Crippen molar-refractivity contribution >= 4 is 17.5 Å². The Labute approximate surface area is 136 Å². The first kappa shape index (κ1) is 15.8. The average Bonchev–Trinajstić information content (AvgIpc) is 3.12. The van der Waals surface area contributed by atoms with Crippen molar-refractivity contribution in [2.24, 2.45) is 13.0 Å². The van der Waals surface area contributed by atoms with Crippen molar-refractivity contribution < 1.29 is 14.3 Å². The minimum Gasteiger partial charge on any atom is -0.381 e. The van der Waals surface area contributed by atoms with Gasteiger partial charge in [0.2, 0.25) is 0 Å². The van der Waals surface area contributed by atoms with Crippen LogP contribution in [0.25, 0.3) is 0 Å². The van der Waals surface area contributed by atoms with E-state index in [0.717, 1.165) is 19.3 Å². The number of carbonyl (C=O) groups excluding carboxylic acids is 1. The molecule has 0 radical (unpaired) electrons. The molecule has 2 heterocycles. The van der Waals surface area contributed by atoms with E-state index in [1.807, 2.05) is 11.9 Å². The fourth-order valence-electron chi connectivity index (χ4n) is 3.80. The topological polar surface area (TPSA) is 43.7 Å². The van der Waals surface area contributed by atoms with Gasteiger partial charge in [0, 0.05) is 32.8 Å². The molecule has 2 fully saturated rings. The molecule has 3 atom stereocenters. The Morgan fingerprint density at radius 3 is 2.95 bits per heavy atom. The van der Waals surface area contributed by atoms with E-state index in [1.165, 1.54) is 0 Å². The average molecular weight is 327 g/mol. The Kier molecular flexibility index (Phi) is 4.76. The number of rotatable bonds is 3. The van der Waals surface area contributed by atoms with Crippen LogP contribution in [-0.2, 0) is 16.5 Å². The molecule has 1 aromatic heterocycles. The number of carbonyl (C=O) groups is 1. The number of nitrogens with zero attached hydrogens (tertiary/aromatic N) is 2. The summed E-state index contributed by atoms with van der Waals surface area (Å²) in [6, 6.07) is 1.82. The first-order valence-electron chi connectivity index (χ1n) is 7.85. The van der Waals surface area contributed by atoms with Crippen molar-refractivity contribution in [3.05, 3.63) is 23.0 Å². The van der Waals surface area contributed by atoms with Gasteiger partial charge >= 0.3 is 0 Å². The van der Waals surface area contributed by atoms with E-state index in [1.54, 1.807) is 23.9 Å². The lowest BCUT2D eigenvalue weighted by atomic mass is 9.94. The predicted molar refractivity (Wildman–Crippen MR) is 84.2 cm³/mol. The van der Waals surface area contributed by atoms with E-state index >= 15 is 0 Å². The largest absolute Gasteiger partial charge is 0.381 e. The second-order valence-corrected chi connectivity index (χ2v) is 6.60. The number of methoxy groups -OCH3 is 1. The van der Waals surface area contributed by atoms with Crippen LogP contribution in [0.2, 0.25) is 5.02 Å². The molecule has 0 aromatic carbocycles. The summed E-state index contributed by atoms with van der Waals surface area (Å²) in [4.78, 5) is 14.9. The van der Waals surface area contributed by atoms with Crippen LogP contribution in [0.3, 0.4) is 0 Å². The number of hydrogen-bond donors (Lipinski definition) is 0. The highest BCUT2D eigenvalue weighted by molar-refractivity contribution is 6.31. The molecule has 0 unspecified atom stereocenters. The first-order chi connectivity index (χ1) is 10.6. The monoisotopic (exact) mass is 326 g/mol. The maximum atomic E-state index is 12.9. The Hall–Kier alpha value is -1.04. The Morgan fingerprint density at radius 1 is 1.45 bits per heavy atom. The lowest BCUT2D eigenvalue weighted by Crippen LogP contribution is -2.54. The van der Waals surface area contributed by atoms with Gasteiger partial charge < -0.3 is 18.9 Å². The highest BCUT2D eigenvalue weighted by atomic mass is 35.5. The molecule has 5 nitrogen and oxygen atoms in total. The molecule has 122 valence electrons. The summed E-state index contributed by atoms with van der Waals surface area (Å²) in [5.41, 5.74) is 0.629. The van der Waals surface area contributed by atoms with Gasteiger partial charge in [0.1, 0.15) is 5.69 Å². The number of halogens is 1. The van der Waals surface area contributed by atoms with Crippen LogP contribution >= 0.6 is 11.6 Å². The fraction of sp³-hybridized carbons (Fsp3) is 0.688. The molecular weight excluding hydrogens is 304 g/mol. The maximum Gasteiger partial charge on any atom is 0.270 e. The van der Waals surface area contributed by atoms with Crippen LogP contribution in [0, 0.1) is 5.92 Å². The minimum atomic E-state index is 0.0319. The van der Waals surface area contributed by atoms with Crippen LogP contribution in [0.5, 0.6) is 0 Å². The molecule has 0 N–H and O–H groups in total. The van der Waals surface area contributed by atoms with Crippen molar-refractivity contribution in [2.45, 2.75) is 31.4 Å². The zero-order valence-corrected chi connectivity index (χ0v) is 13.9. The molecular formula is C16H23ClN2O3. The van der Waals surface area contributed by atoms with Gasteiger partial charge in [-0.3, -0.25) is 4.79 Å².